The van der Waals surface area contributed by atoms with Crippen LogP contribution in [-0.2, 0) is 4.79 Å². The van der Waals surface area contributed by atoms with Crippen LogP contribution in [0.4, 0.5) is 5.69 Å². The molecule has 0 radical (unpaired) electrons. The van der Waals surface area contributed by atoms with Crippen LogP contribution in [0.15, 0.2) is 52.9 Å². The number of hydrogen-bond donors (Lipinski definition) is 1. The monoisotopic (exact) mass is 373 g/mol. The highest BCUT2D eigenvalue weighted by Crippen LogP contribution is 2.31. The molecular formula is C17H15N3O3S2. The lowest BCUT2D eigenvalue weighted by Crippen LogP contribution is -2.28. The van der Waals surface area contributed by atoms with Crippen molar-refractivity contribution in [3.8, 4) is 0 Å². The van der Waals surface area contributed by atoms with Crippen LogP contribution < -0.4 is 5.32 Å². The molecule has 1 atom stereocenters. The van der Waals surface area contributed by atoms with Gasteiger partial charge in [0.25, 0.3) is 5.69 Å². The molecule has 0 saturated carbocycles. The Hall–Kier alpha value is -2.45. The number of thiazole rings is 1. The summed E-state index contributed by atoms with van der Waals surface area (Å²) in [5, 5.41) is 13.8. The first-order valence-electron chi connectivity index (χ1n) is 7.55. The Morgan fingerprint density at radius 1 is 1.32 bits per heavy atom. The van der Waals surface area contributed by atoms with Crippen molar-refractivity contribution in [1.29, 1.82) is 0 Å². The van der Waals surface area contributed by atoms with Gasteiger partial charge in [0.15, 0.2) is 4.34 Å². The van der Waals surface area contributed by atoms with E-state index in [1.54, 1.807) is 6.07 Å². The van der Waals surface area contributed by atoms with Crippen LogP contribution in [0.2, 0.25) is 0 Å². The van der Waals surface area contributed by atoms with Crippen LogP contribution in [-0.4, -0.2) is 21.6 Å². The number of non-ortho nitro benzene ring substituents is 1. The number of hydrogen-bond acceptors (Lipinski definition) is 6. The number of fused-ring (bicyclic) bond motifs is 1. The van der Waals surface area contributed by atoms with Gasteiger partial charge >= 0.3 is 0 Å². The number of rotatable bonds is 6. The average molecular weight is 373 g/mol. The maximum absolute atomic E-state index is 12.1. The zero-order chi connectivity index (χ0) is 17.8. The molecule has 0 fully saturated rings. The predicted octanol–water partition coefficient (Wildman–Crippen LogP) is 4.17. The molecule has 3 aromatic rings. The fourth-order valence-corrected chi connectivity index (χ4v) is 4.22. The molecule has 8 heteroatoms. The number of carbonyl (C=O) groups is 1. The van der Waals surface area contributed by atoms with E-state index in [2.05, 4.69) is 10.3 Å². The number of nitro benzene ring substituents is 1. The summed E-state index contributed by atoms with van der Waals surface area (Å²) in [5.41, 5.74) is 1.80. The maximum Gasteiger partial charge on any atom is 0.270 e. The van der Waals surface area contributed by atoms with Gasteiger partial charge in [-0.1, -0.05) is 42.1 Å². The fourth-order valence-electron chi connectivity index (χ4n) is 2.30. The summed E-state index contributed by atoms with van der Waals surface area (Å²) in [6.45, 7) is 1.94. The third-order valence-electron chi connectivity index (χ3n) is 3.57. The zero-order valence-electron chi connectivity index (χ0n) is 13.3. The van der Waals surface area contributed by atoms with Crippen LogP contribution in [0.5, 0.6) is 0 Å². The third kappa shape index (κ3) is 4.34. The lowest BCUT2D eigenvalue weighted by molar-refractivity contribution is -0.384. The molecule has 1 heterocycles. The molecule has 1 N–H and O–H groups in total. The SMILES string of the molecule is CC(NC(=O)CSc1nc2ccc([N+](=O)[O-])cc2s1)c1ccccc1. The van der Waals surface area contributed by atoms with Gasteiger partial charge < -0.3 is 5.32 Å². The third-order valence-corrected chi connectivity index (χ3v) is 5.73. The van der Waals surface area contributed by atoms with Crippen molar-refractivity contribution in [2.24, 2.45) is 0 Å². The molecule has 0 saturated heterocycles. The van der Waals surface area contributed by atoms with Crippen molar-refractivity contribution >= 4 is 44.9 Å². The lowest BCUT2D eigenvalue weighted by atomic mass is 10.1. The maximum atomic E-state index is 12.1. The molecule has 1 unspecified atom stereocenters. The molecule has 128 valence electrons. The Kier molecular flexibility index (Phi) is 5.30. The Labute approximate surface area is 152 Å². The summed E-state index contributed by atoms with van der Waals surface area (Å²) in [5.74, 6) is 0.172. The van der Waals surface area contributed by atoms with Crippen molar-refractivity contribution in [3.63, 3.8) is 0 Å². The summed E-state index contributed by atoms with van der Waals surface area (Å²) in [4.78, 5) is 26.9. The summed E-state index contributed by atoms with van der Waals surface area (Å²) < 4.78 is 1.47. The molecule has 0 aliphatic rings. The molecule has 3 rings (SSSR count). The van der Waals surface area contributed by atoms with Gasteiger partial charge in [0.2, 0.25) is 5.91 Å². The van der Waals surface area contributed by atoms with Crippen LogP contribution in [0.25, 0.3) is 10.2 Å². The minimum Gasteiger partial charge on any atom is -0.349 e. The van der Waals surface area contributed by atoms with Crippen molar-refractivity contribution < 1.29 is 9.72 Å². The highest BCUT2D eigenvalue weighted by Gasteiger charge is 2.13. The summed E-state index contributed by atoms with van der Waals surface area (Å²) in [6, 6.07) is 14.3. The second kappa shape index (κ2) is 7.62. The second-order valence-electron chi connectivity index (χ2n) is 5.38. The molecular weight excluding hydrogens is 358 g/mol. The fraction of sp³-hybridized carbons (Fsp3) is 0.176. The van der Waals surface area contributed by atoms with Gasteiger partial charge in [-0.15, -0.1) is 11.3 Å². The van der Waals surface area contributed by atoms with E-state index in [9.17, 15) is 14.9 Å². The quantitative estimate of drug-likeness (QED) is 0.398. The number of thioether (sulfide) groups is 1. The van der Waals surface area contributed by atoms with E-state index < -0.39 is 4.92 Å². The minimum absolute atomic E-state index is 0.0436. The highest BCUT2D eigenvalue weighted by molar-refractivity contribution is 8.01. The average Bonchev–Trinajstić information content (AvgIpc) is 3.02. The van der Waals surface area contributed by atoms with Crippen LogP contribution in [0.3, 0.4) is 0 Å². The second-order valence-corrected chi connectivity index (χ2v) is 7.63. The van der Waals surface area contributed by atoms with Gasteiger partial charge in [0, 0.05) is 12.1 Å². The standard InChI is InChI=1S/C17H15N3O3S2/c1-11(12-5-3-2-4-6-12)18-16(21)10-24-17-19-14-8-7-13(20(22)23)9-15(14)25-17/h2-9,11H,10H2,1H3,(H,18,21). The first-order chi connectivity index (χ1) is 12.0. The predicted molar refractivity (Wildman–Crippen MR) is 100.0 cm³/mol. The lowest BCUT2D eigenvalue weighted by Gasteiger charge is -2.13. The Morgan fingerprint density at radius 3 is 2.80 bits per heavy atom. The number of carbonyl (C=O) groups excluding carboxylic acids is 1. The van der Waals surface area contributed by atoms with E-state index in [1.165, 1.54) is 35.2 Å². The zero-order valence-corrected chi connectivity index (χ0v) is 15.0. The van der Waals surface area contributed by atoms with E-state index in [4.69, 9.17) is 0 Å². The number of benzene rings is 2. The van der Waals surface area contributed by atoms with Gasteiger partial charge in [0.05, 0.1) is 26.9 Å². The van der Waals surface area contributed by atoms with Gasteiger partial charge in [-0.3, -0.25) is 14.9 Å². The highest BCUT2D eigenvalue weighted by atomic mass is 32.2. The Balaban J connectivity index is 1.60. The molecule has 1 aromatic heterocycles. The minimum atomic E-state index is -0.426. The van der Waals surface area contributed by atoms with E-state index in [0.29, 0.717) is 5.52 Å². The van der Waals surface area contributed by atoms with Gasteiger partial charge in [-0.2, -0.15) is 0 Å². The molecule has 0 bridgehead atoms. The van der Waals surface area contributed by atoms with Crippen molar-refractivity contribution in [2.75, 3.05) is 5.75 Å². The Morgan fingerprint density at radius 2 is 2.08 bits per heavy atom. The Bertz CT molecular complexity index is 912. The van der Waals surface area contributed by atoms with Crippen LogP contribution >= 0.6 is 23.1 Å². The number of amides is 1. The normalized spacial score (nSPS) is 12.0. The summed E-state index contributed by atoms with van der Waals surface area (Å²) in [6.07, 6.45) is 0. The van der Waals surface area contributed by atoms with E-state index >= 15 is 0 Å². The largest absolute Gasteiger partial charge is 0.349 e. The molecule has 0 aliphatic heterocycles. The van der Waals surface area contributed by atoms with Crippen molar-refractivity contribution in [2.45, 2.75) is 17.3 Å². The number of nitro groups is 1. The first kappa shape index (κ1) is 17.4. The number of nitrogens with one attached hydrogen (secondary N) is 1. The van der Waals surface area contributed by atoms with Crippen molar-refractivity contribution in [3.05, 3.63) is 64.2 Å². The summed E-state index contributed by atoms with van der Waals surface area (Å²) in [7, 11) is 0. The van der Waals surface area contributed by atoms with Crippen molar-refractivity contribution in [1.82, 2.24) is 10.3 Å². The molecule has 0 aliphatic carbocycles. The molecule has 25 heavy (non-hydrogen) atoms. The number of nitrogens with zero attached hydrogens (tertiary/aromatic N) is 2. The van der Waals surface area contributed by atoms with Gasteiger partial charge in [-0.05, 0) is 18.6 Å². The van der Waals surface area contributed by atoms with Crippen LogP contribution in [0, 0.1) is 10.1 Å². The van der Waals surface area contributed by atoms with E-state index in [1.807, 2.05) is 37.3 Å². The van der Waals surface area contributed by atoms with Gasteiger partial charge in [-0.25, -0.2) is 4.98 Å². The molecule has 0 spiro atoms. The van der Waals surface area contributed by atoms with E-state index in [0.717, 1.165) is 14.6 Å². The molecule has 2 aromatic carbocycles. The number of aromatic nitrogens is 1. The van der Waals surface area contributed by atoms with E-state index in [-0.39, 0.29) is 23.4 Å². The molecule has 6 nitrogen and oxygen atoms in total. The first-order valence-corrected chi connectivity index (χ1v) is 9.35. The molecule has 1 amide bonds. The van der Waals surface area contributed by atoms with Crippen LogP contribution in [0.1, 0.15) is 18.5 Å². The topological polar surface area (TPSA) is 85.1 Å². The smallest absolute Gasteiger partial charge is 0.270 e. The van der Waals surface area contributed by atoms with Gasteiger partial charge in [0.1, 0.15) is 0 Å². The summed E-state index contributed by atoms with van der Waals surface area (Å²) >= 11 is 2.68.